The summed E-state index contributed by atoms with van der Waals surface area (Å²) in [4.78, 5) is 47.3. The Balaban J connectivity index is 1.01. The monoisotopic (exact) mass is 1150 g/mol. The van der Waals surface area contributed by atoms with Crippen molar-refractivity contribution in [1.29, 1.82) is 5.41 Å². The fourth-order valence-electron chi connectivity index (χ4n) is 6.26. The summed E-state index contributed by atoms with van der Waals surface area (Å²) in [5.74, 6) is -1.05. The van der Waals surface area contributed by atoms with Gasteiger partial charge in [0.1, 0.15) is 12.4 Å². The van der Waals surface area contributed by atoms with Crippen LogP contribution in [-0.4, -0.2) is 206 Å². The van der Waals surface area contributed by atoms with Gasteiger partial charge >= 0.3 is 12.1 Å². The van der Waals surface area contributed by atoms with Crippen molar-refractivity contribution in [2.75, 3.05) is 158 Å². The van der Waals surface area contributed by atoms with Crippen molar-refractivity contribution in [1.82, 2.24) is 10.4 Å². The first kappa shape index (κ1) is 66.4. The summed E-state index contributed by atoms with van der Waals surface area (Å²) < 4.78 is 96.4. The maximum absolute atomic E-state index is 13.5. The molecule has 1 heterocycles. The highest BCUT2D eigenvalue weighted by molar-refractivity contribution is 7.85. The number of carbonyl (C=O) groups excluding carboxylic acids is 3. The predicted molar refractivity (Wildman–Crippen MR) is 283 cm³/mol. The van der Waals surface area contributed by atoms with Gasteiger partial charge in [0, 0.05) is 48.6 Å². The lowest BCUT2D eigenvalue weighted by molar-refractivity contribution is -0.181. The molecular formula is C49H72Cl2N6O19S. The summed E-state index contributed by atoms with van der Waals surface area (Å²) >= 11 is 11.9. The summed E-state index contributed by atoms with van der Waals surface area (Å²) in [5.41, 5.74) is 14.6. The number of rotatable bonds is 44. The third-order valence-corrected chi connectivity index (χ3v) is 11.3. The zero-order valence-electron chi connectivity index (χ0n) is 43.2. The Morgan fingerprint density at radius 2 is 1.19 bits per heavy atom. The van der Waals surface area contributed by atoms with E-state index < -0.39 is 27.1 Å². The van der Waals surface area contributed by atoms with Crippen LogP contribution in [0.15, 0.2) is 52.0 Å². The van der Waals surface area contributed by atoms with Gasteiger partial charge < -0.3 is 79.0 Å². The highest BCUT2D eigenvalue weighted by Crippen LogP contribution is 2.36. The maximum Gasteiger partial charge on any atom is 0.407 e. The van der Waals surface area contributed by atoms with Crippen molar-refractivity contribution in [3.63, 3.8) is 0 Å². The molecule has 28 heteroatoms. The second kappa shape index (κ2) is 40.3. The minimum Gasteiger partial charge on any atom is -0.447 e. The van der Waals surface area contributed by atoms with Gasteiger partial charge in [0.25, 0.3) is 16.0 Å². The molecule has 0 radical (unpaired) electrons. The lowest BCUT2D eigenvalue weighted by Crippen LogP contribution is -2.37. The summed E-state index contributed by atoms with van der Waals surface area (Å²) in [7, 11) is -4.53. The first-order valence-electron chi connectivity index (χ1n) is 24.7. The number of fused-ring (bicyclic) bond motifs is 1. The van der Waals surface area contributed by atoms with Gasteiger partial charge in [0.05, 0.1) is 166 Å². The number of carbonyl (C=O) groups is 3. The first-order chi connectivity index (χ1) is 37.3. The van der Waals surface area contributed by atoms with E-state index in [0.29, 0.717) is 147 Å². The van der Waals surface area contributed by atoms with Crippen LogP contribution >= 0.6 is 23.2 Å². The lowest BCUT2D eigenvalue weighted by atomic mass is 10.0. The van der Waals surface area contributed by atoms with Gasteiger partial charge in [-0.15, -0.1) is 0 Å². The number of hydrogen-bond donors (Lipinski definition) is 5. The minimum absolute atomic E-state index is 0.0216. The van der Waals surface area contributed by atoms with E-state index in [4.69, 9.17) is 106 Å². The van der Waals surface area contributed by atoms with Crippen molar-refractivity contribution in [3.05, 3.63) is 63.3 Å². The number of alkyl carbamates (subject to hydrolysis) is 1. The van der Waals surface area contributed by atoms with Crippen LogP contribution in [0.3, 0.4) is 0 Å². The highest BCUT2D eigenvalue weighted by Gasteiger charge is 2.23. The molecule has 77 heavy (non-hydrogen) atoms. The molecule has 0 spiro atoms. The Kier molecular flexibility index (Phi) is 34.8. The van der Waals surface area contributed by atoms with Crippen molar-refractivity contribution in [3.8, 4) is 5.75 Å². The number of nitrogens with one attached hydrogen (secondary N) is 2. The van der Waals surface area contributed by atoms with Crippen LogP contribution in [0.2, 0.25) is 10.0 Å². The van der Waals surface area contributed by atoms with Crippen LogP contribution in [0.5, 0.6) is 5.75 Å². The van der Waals surface area contributed by atoms with E-state index in [1.165, 1.54) is 11.3 Å². The molecule has 0 fully saturated rings. The third-order valence-electron chi connectivity index (χ3n) is 9.96. The molecule has 0 unspecified atom stereocenters. The van der Waals surface area contributed by atoms with Gasteiger partial charge in [-0.3, -0.25) is 19.0 Å². The van der Waals surface area contributed by atoms with Gasteiger partial charge in [-0.25, -0.2) is 14.9 Å². The van der Waals surface area contributed by atoms with Crippen molar-refractivity contribution in [2.24, 2.45) is 16.5 Å². The highest BCUT2D eigenvalue weighted by atomic mass is 35.5. The molecule has 7 N–H and O–H groups in total. The van der Waals surface area contributed by atoms with E-state index in [9.17, 15) is 22.8 Å². The number of allylic oxidation sites excluding steroid dienone is 1. The Morgan fingerprint density at radius 3 is 1.64 bits per heavy atom. The van der Waals surface area contributed by atoms with E-state index in [1.54, 1.807) is 24.3 Å². The van der Waals surface area contributed by atoms with E-state index in [0.717, 1.165) is 18.3 Å². The number of amides is 2. The van der Waals surface area contributed by atoms with E-state index in [2.05, 4.69) is 10.3 Å². The first-order valence-corrected chi connectivity index (χ1v) is 26.9. The summed E-state index contributed by atoms with van der Waals surface area (Å²) in [6, 6.07) is 7.17. The molecule has 2 amide bonds. The Hall–Kier alpha value is -4.88. The lowest BCUT2D eigenvalue weighted by Gasteiger charge is -2.22. The molecule has 432 valence electrons. The Labute approximate surface area is 458 Å². The van der Waals surface area contributed by atoms with Crippen LogP contribution < -0.4 is 21.5 Å². The zero-order chi connectivity index (χ0) is 55.9. The zero-order valence-corrected chi connectivity index (χ0v) is 45.5. The fraction of sp³-hybridized carbons (Fsp3) is 0.571. The smallest absolute Gasteiger partial charge is 0.407 e. The molecule has 25 nitrogen and oxygen atoms in total. The van der Waals surface area contributed by atoms with E-state index >= 15 is 0 Å². The quantitative estimate of drug-likeness (QED) is 0.0156. The molecular weight excluding hydrogens is 1080 g/mol. The standard InChI is InChI=1S/C49H72Cl2N6O19S/c1-2-7-57(48(59)39-30-38-4-3-37(40(35-52)36-53)31-44(38)56-45(54)32-39)75-9-6-55-49(60)74-29-28-73-27-26-72-25-24-71-23-22-70-21-20-69-19-18-68-17-16-67-15-14-66-13-12-65-11-10-64-8-5-46(58)76-47-42(50)33-41(34-43(47)51)77(61,62)63/h3-4,30-31,33-36,52H,2,5-29,32,53H2,1H3,(H2,54,56)(H,55,60)(H,61,62,63)/b40-36+,52-35?. The molecule has 2 aromatic rings. The summed E-state index contributed by atoms with van der Waals surface area (Å²) in [6.45, 7) is 9.38. The number of esters is 1. The second-order valence-corrected chi connectivity index (χ2v) is 18.1. The largest absolute Gasteiger partial charge is 0.447 e. The molecule has 0 saturated heterocycles. The number of amidine groups is 1. The molecule has 1 aliphatic rings. The Morgan fingerprint density at radius 1 is 0.727 bits per heavy atom. The van der Waals surface area contributed by atoms with E-state index in [1.807, 2.05) is 6.92 Å². The maximum atomic E-state index is 13.5. The number of halogens is 2. The molecule has 0 bridgehead atoms. The third kappa shape index (κ3) is 29.1. The number of nitrogens with two attached hydrogens (primary N) is 2. The second-order valence-electron chi connectivity index (χ2n) is 15.8. The molecule has 0 aromatic heterocycles. The van der Waals surface area contributed by atoms with Crippen LogP contribution in [-0.2, 0) is 76.7 Å². The van der Waals surface area contributed by atoms with Crippen molar-refractivity contribution in [2.45, 2.75) is 31.1 Å². The van der Waals surface area contributed by atoms with E-state index in [-0.39, 0.29) is 86.6 Å². The SMILES string of the molecule is CCCN(OCCNC(=O)OCCOCCOCCOCCOCCOCCOCCOCCOCCOCCOCCC(=O)Oc1c(Cl)cc(S(=O)(=O)O)cc1Cl)C(=O)C1=Cc2ccc(/C(C=N)=C/N)cc2N=C(N)C1. The fourth-order valence-corrected chi connectivity index (χ4v) is 7.49. The van der Waals surface area contributed by atoms with Gasteiger partial charge in [-0.2, -0.15) is 8.42 Å². The van der Waals surface area contributed by atoms with Crippen molar-refractivity contribution >= 4 is 80.7 Å². The van der Waals surface area contributed by atoms with Gasteiger partial charge in [-0.1, -0.05) is 42.3 Å². The molecule has 0 aliphatic carbocycles. The number of benzene rings is 2. The number of ether oxygens (including phenoxy) is 12. The van der Waals surface area contributed by atoms with Crippen LogP contribution in [0.25, 0.3) is 11.6 Å². The molecule has 1 aliphatic heterocycles. The molecule has 0 saturated carbocycles. The number of nitrogens with zero attached hydrogens (tertiary/aromatic N) is 2. The Bertz CT molecular complexity index is 2270. The minimum atomic E-state index is -4.53. The van der Waals surface area contributed by atoms with Crippen molar-refractivity contribution < 1.29 is 89.0 Å². The normalized spacial score (nSPS) is 12.6. The summed E-state index contributed by atoms with van der Waals surface area (Å²) in [5, 5.41) is 10.9. The van der Waals surface area contributed by atoms with Gasteiger partial charge in [-0.05, 0) is 36.3 Å². The van der Waals surface area contributed by atoms with Gasteiger partial charge in [0.15, 0.2) is 5.75 Å². The van der Waals surface area contributed by atoms with Crippen LogP contribution in [0, 0.1) is 5.41 Å². The van der Waals surface area contributed by atoms with Crippen LogP contribution in [0.4, 0.5) is 10.5 Å². The summed E-state index contributed by atoms with van der Waals surface area (Å²) in [6.07, 6.45) is 4.17. The number of hydroxylamine groups is 2. The molecule has 0 atom stereocenters. The topological polar surface area (TPSA) is 329 Å². The number of hydrogen-bond acceptors (Lipinski definition) is 22. The van der Waals surface area contributed by atoms with Gasteiger partial charge in [0.2, 0.25) is 0 Å². The predicted octanol–water partition coefficient (Wildman–Crippen LogP) is 4.02. The average molecular weight is 1150 g/mol. The number of aliphatic imine (C=N–C) groups is 1. The average Bonchev–Trinajstić information content (AvgIpc) is 3.57. The van der Waals surface area contributed by atoms with Crippen LogP contribution in [0.1, 0.15) is 37.3 Å². The molecule has 2 aromatic carbocycles. The molecule has 3 rings (SSSR count).